The highest BCUT2D eigenvalue weighted by Gasteiger charge is 2.27. The minimum Gasteiger partial charge on any atom is -0.508 e. The zero-order valence-corrected chi connectivity index (χ0v) is 11.3. The van der Waals surface area contributed by atoms with Crippen molar-refractivity contribution >= 4 is 11.0 Å². The Labute approximate surface area is 111 Å². The Kier molecular flexibility index (Phi) is 2.86. The van der Waals surface area contributed by atoms with E-state index >= 15 is 0 Å². The Balaban J connectivity index is 2.02. The molecular formula is C14H19N3O2. The second-order valence-electron chi connectivity index (χ2n) is 5.53. The average molecular weight is 261 g/mol. The van der Waals surface area contributed by atoms with Crippen LogP contribution in [0.4, 0.5) is 0 Å². The van der Waals surface area contributed by atoms with Gasteiger partial charge in [-0.25, -0.2) is 4.79 Å². The van der Waals surface area contributed by atoms with E-state index in [9.17, 15) is 9.90 Å². The van der Waals surface area contributed by atoms with Gasteiger partial charge in [0, 0.05) is 25.2 Å². The molecule has 1 fully saturated rings. The van der Waals surface area contributed by atoms with Gasteiger partial charge in [-0.1, -0.05) is 0 Å². The SMILES string of the molecule is CC(C)N1CCC(n2c(=O)[nH]c3cc(O)ccc32)C1. The number of phenols is 1. The van der Waals surface area contributed by atoms with Crippen LogP contribution < -0.4 is 5.69 Å². The van der Waals surface area contributed by atoms with Gasteiger partial charge in [0.2, 0.25) is 0 Å². The Morgan fingerprint density at radius 1 is 1.42 bits per heavy atom. The molecule has 2 heterocycles. The molecule has 1 aromatic heterocycles. The molecule has 3 rings (SSSR count). The van der Waals surface area contributed by atoms with Crippen molar-refractivity contribution < 1.29 is 5.11 Å². The summed E-state index contributed by atoms with van der Waals surface area (Å²) in [5.41, 5.74) is 1.49. The predicted molar refractivity (Wildman–Crippen MR) is 74.6 cm³/mol. The minimum absolute atomic E-state index is 0.0868. The van der Waals surface area contributed by atoms with Crippen LogP contribution in [-0.4, -0.2) is 38.7 Å². The number of fused-ring (bicyclic) bond motifs is 1. The summed E-state index contributed by atoms with van der Waals surface area (Å²) in [4.78, 5) is 17.3. The van der Waals surface area contributed by atoms with Crippen molar-refractivity contribution in [1.82, 2.24) is 14.5 Å². The lowest BCUT2D eigenvalue weighted by Crippen LogP contribution is -2.30. The lowest BCUT2D eigenvalue weighted by Gasteiger charge is -2.20. The Hall–Kier alpha value is -1.75. The van der Waals surface area contributed by atoms with Crippen molar-refractivity contribution in [3.8, 4) is 5.75 Å². The number of aromatic hydroxyl groups is 1. The fourth-order valence-corrected chi connectivity index (χ4v) is 2.93. The normalized spacial score (nSPS) is 20.7. The molecule has 0 amide bonds. The number of hydrogen-bond donors (Lipinski definition) is 2. The number of imidazole rings is 1. The average Bonchev–Trinajstić information content (AvgIpc) is 2.91. The van der Waals surface area contributed by atoms with E-state index in [1.807, 2.05) is 4.57 Å². The summed E-state index contributed by atoms with van der Waals surface area (Å²) in [6.07, 6.45) is 0.992. The molecule has 1 aliphatic heterocycles. The number of rotatable bonds is 2. The second-order valence-corrected chi connectivity index (χ2v) is 5.53. The first-order valence-electron chi connectivity index (χ1n) is 6.73. The number of likely N-dealkylation sites (tertiary alicyclic amines) is 1. The van der Waals surface area contributed by atoms with Crippen LogP contribution in [-0.2, 0) is 0 Å². The molecule has 102 valence electrons. The number of hydrogen-bond acceptors (Lipinski definition) is 3. The Morgan fingerprint density at radius 3 is 2.89 bits per heavy atom. The van der Waals surface area contributed by atoms with Gasteiger partial charge in [-0.15, -0.1) is 0 Å². The Bertz CT molecular complexity index is 656. The van der Waals surface area contributed by atoms with E-state index in [2.05, 4.69) is 23.7 Å². The number of aromatic nitrogens is 2. The molecule has 0 bridgehead atoms. The van der Waals surface area contributed by atoms with Crippen molar-refractivity contribution in [2.24, 2.45) is 0 Å². The van der Waals surface area contributed by atoms with E-state index in [1.54, 1.807) is 18.2 Å². The van der Waals surface area contributed by atoms with Crippen molar-refractivity contribution in [2.45, 2.75) is 32.4 Å². The number of nitrogens with zero attached hydrogens (tertiary/aromatic N) is 2. The van der Waals surface area contributed by atoms with Crippen molar-refractivity contribution in [1.29, 1.82) is 0 Å². The van der Waals surface area contributed by atoms with Gasteiger partial charge in [0.15, 0.2) is 0 Å². The molecule has 1 saturated heterocycles. The topological polar surface area (TPSA) is 61.3 Å². The third-order valence-corrected chi connectivity index (χ3v) is 3.99. The van der Waals surface area contributed by atoms with E-state index in [4.69, 9.17) is 0 Å². The van der Waals surface area contributed by atoms with Crippen LogP contribution in [0.1, 0.15) is 26.3 Å². The van der Waals surface area contributed by atoms with Crippen LogP contribution >= 0.6 is 0 Å². The summed E-state index contributed by atoms with van der Waals surface area (Å²) in [6, 6.07) is 5.76. The van der Waals surface area contributed by atoms with E-state index in [0.717, 1.165) is 25.0 Å². The van der Waals surface area contributed by atoms with Crippen molar-refractivity contribution in [2.75, 3.05) is 13.1 Å². The van der Waals surface area contributed by atoms with E-state index in [1.165, 1.54) is 0 Å². The maximum absolute atomic E-state index is 12.1. The maximum Gasteiger partial charge on any atom is 0.326 e. The fraction of sp³-hybridized carbons (Fsp3) is 0.500. The van der Waals surface area contributed by atoms with E-state index in [-0.39, 0.29) is 17.5 Å². The third-order valence-electron chi connectivity index (χ3n) is 3.99. The summed E-state index contributed by atoms with van der Waals surface area (Å²) >= 11 is 0. The standard InChI is InChI=1S/C14H19N3O2/c1-9(2)16-6-5-10(8-16)17-13-4-3-11(18)7-12(13)15-14(17)19/h3-4,7,9-10,18H,5-6,8H2,1-2H3,(H,15,19). The quantitative estimate of drug-likeness (QED) is 0.864. The third kappa shape index (κ3) is 2.04. The van der Waals surface area contributed by atoms with Gasteiger partial charge >= 0.3 is 5.69 Å². The van der Waals surface area contributed by atoms with Gasteiger partial charge in [-0.3, -0.25) is 9.47 Å². The number of nitrogens with one attached hydrogen (secondary N) is 1. The summed E-state index contributed by atoms with van der Waals surface area (Å²) in [5.74, 6) is 0.177. The predicted octanol–water partition coefficient (Wildman–Crippen LogP) is 1.69. The molecular weight excluding hydrogens is 242 g/mol. The fourth-order valence-electron chi connectivity index (χ4n) is 2.93. The van der Waals surface area contributed by atoms with Crippen LogP contribution in [0.25, 0.3) is 11.0 Å². The maximum atomic E-state index is 12.1. The van der Waals surface area contributed by atoms with Gasteiger partial charge < -0.3 is 10.1 Å². The highest BCUT2D eigenvalue weighted by Crippen LogP contribution is 2.26. The lowest BCUT2D eigenvalue weighted by molar-refractivity contribution is 0.265. The highest BCUT2D eigenvalue weighted by atomic mass is 16.3. The largest absolute Gasteiger partial charge is 0.508 e. The molecule has 1 atom stereocenters. The Morgan fingerprint density at radius 2 is 2.21 bits per heavy atom. The number of H-pyrrole nitrogens is 1. The van der Waals surface area contributed by atoms with Crippen LogP contribution in [0.3, 0.4) is 0 Å². The van der Waals surface area contributed by atoms with E-state index in [0.29, 0.717) is 11.6 Å². The molecule has 1 aliphatic rings. The van der Waals surface area contributed by atoms with Gasteiger partial charge in [-0.2, -0.15) is 0 Å². The first-order valence-corrected chi connectivity index (χ1v) is 6.73. The lowest BCUT2D eigenvalue weighted by atomic mass is 10.2. The molecule has 0 radical (unpaired) electrons. The van der Waals surface area contributed by atoms with Crippen LogP contribution in [0.2, 0.25) is 0 Å². The molecule has 1 unspecified atom stereocenters. The molecule has 0 saturated carbocycles. The van der Waals surface area contributed by atoms with Crippen LogP contribution in [0, 0.1) is 0 Å². The van der Waals surface area contributed by atoms with Crippen molar-refractivity contribution in [3.63, 3.8) is 0 Å². The van der Waals surface area contributed by atoms with Crippen LogP contribution in [0.15, 0.2) is 23.0 Å². The second kappa shape index (κ2) is 4.42. The van der Waals surface area contributed by atoms with Gasteiger partial charge in [0.1, 0.15) is 5.75 Å². The molecule has 5 nitrogen and oxygen atoms in total. The zero-order valence-electron chi connectivity index (χ0n) is 11.3. The molecule has 0 aliphatic carbocycles. The zero-order chi connectivity index (χ0) is 13.6. The van der Waals surface area contributed by atoms with Gasteiger partial charge in [0.05, 0.1) is 17.1 Å². The number of phenolic OH excluding ortho intramolecular Hbond substituents is 1. The summed E-state index contributed by atoms with van der Waals surface area (Å²) < 4.78 is 1.83. The first kappa shape index (κ1) is 12.3. The summed E-state index contributed by atoms with van der Waals surface area (Å²) in [6.45, 7) is 6.29. The highest BCUT2D eigenvalue weighted by molar-refractivity contribution is 5.77. The molecule has 0 spiro atoms. The molecule has 1 aromatic carbocycles. The smallest absolute Gasteiger partial charge is 0.326 e. The summed E-state index contributed by atoms with van der Waals surface area (Å²) in [5, 5.41) is 9.47. The number of aromatic amines is 1. The monoisotopic (exact) mass is 261 g/mol. The number of benzene rings is 1. The molecule has 19 heavy (non-hydrogen) atoms. The molecule has 2 aromatic rings. The van der Waals surface area contributed by atoms with Crippen LogP contribution in [0.5, 0.6) is 5.75 Å². The molecule has 5 heteroatoms. The first-order chi connectivity index (χ1) is 9.06. The van der Waals surface area contributed by atoms with E-state index < -0.39 is 0 Å². The molecule has 2 N–H and O–H groups in total. The van der Waals surface area contributed by atoms with Gasteiger partial charge in [0.25, 0.3) is 0 Å². The van der Waals surface area contributed by atoms with Gasteiger partial charge in [-0.05, 0) is 32.4 Å². The minimum atomic E-state index is -0.0868. The van der Waals surface area contributed by atoms with Crippen molar-refractivity contribution in [3.05, 3.63) is 28.7 Å². The summed E-state index contributed by atoms with van der Waals surface area (Å²) in [7, 11) is 0.